The molecule has 90 valence electrons. The quantitative estimate of drug-likeness (QED) is 0.856. The first-order chi connectivity index (χ1) is 7.99. The van der Waals surface area contributed by atoms with Crippen LogP contribution >= 0.6 is 0 Å². The molecule has 0 radical (unpaired) electrons. The van der Waals surface area contributed by atoms with Crippen LogP contribution in [0.15, 0.2) is 22.7 Å². The van der Waals surface area contributed by atoms with Crippen LogP contribution < -0.4 is 5.73 Å². The molecule has 0 spiro atoms. The number of nitrogen functional groups attached to an aromatic ring is 1. The second-order valence-electron chi connectivity index (χ2n) is 4.84. The predicted octanol–water partition coefficient (Wildman–Crippen LogP) is 3.66. The highest BCUT2D eigenvalue weighted by molar-refractivity contribution is 5.68. The lowest BCUT2D eigenvalue weighted by molar-refractivity contribution is 0.434. The molecule has 2 N–H and O–H groups in total. The predicted molar refractivity (Wildman–Crippen MR) is 69.9 cm³/mol. The van der Waals surface area contributed by atoms with Crippen molar-refractivity contribution in [3.05, 3.63) is 34.9 Å². The lowest BCUT2D eigenvalue weighted by atomic mass is 9.97. The standard InChI is InChI=1S/C14H18N2O/c1-8(2)12-13(17-16-14(12)15)11-6-9(3)5-10(4)7-11/h5-8H,1-4H3,(H2,15,16). The molecule has 0 bridgehead atoms. The van der Waals surface area contributed by atoms with Crippen LogP contribution in [0, 0.1) is 13.8 Å². The molecule has 0 aliphatic carbocycles. The molecule has 0 aliphatic rings. The Kier molecular flexibility index (Phi) is 2.92. The van der Waals surface area contributed by atoms with Gasteiger partial charge in [0.05, 0.1) is 0 Å². The second-order valence-corrected chi connectivity index (χ2v) is 4.84. The number of aromatic nitrogens is 1. The first kappa shape index (κ1) is 11.7. The van der Waals surface area contributed by atoms with Crippen LogP contribution in [0.1, 0.15) is 36.5 Å². The highest BCUT2D eigenvalue weighted by atomic mass is 16.5. The van der Waals surface area contributed by atoms with Gasteiger partial charge in [-0.1, -0.05) is 36.2 Å². The number of anilines is 1. The summed E-state index contributed by atoms with van der Waals surface area (Å²) in [4.78, 5) is 0. The van der Waals surface area contributed by atoms with Gasteiger partial charge in [0.25, 0.3) is 0 Å². The first-order valence-electron chi connectivity index (χ1n) is 5.82. The molecule has 17 heavy (non-hydrogen) atoms. The van der Waals surface area contributed by atoms with E-state index in [2.05, 4.69) is 51.1 Å². The molecule has 1 heterocycles. The minimum absolute atomic E-state index is 0.303. The zero-order valence-electron chi connectivity index (χ0n) is 10.7. The summed E-state index contributed by atoms with van der Waals surface area (Å²) in [6, 6.07) is 6.33. The molecule has 1 aromatic heterocycles. The van der Waals surface area contributed by atoms with E-state index in [1.807, 2.05) is 0 Å². The summed E-state index contributed by atoms with van der Waals surface area (Å²) in [7, 11) is 0. The molecule has 2 aromatic rings. The fourth-order valence-electron chi connectivity index (χ4n) is 2.18. The number of aryl methyl sites for hydroxylation is 2. The number of hydrogen-bond acceptors (Lipinski definition) is 3. The van der Waals surface area contributed by atoms with Crippen molar-refractivity contribution in [1.29, 1.82) is 0 Å². The second kappa shape index (κ2) is 4.24. The molecular weight excluding hydrogens is 212 g/mol. The van der Waals surface area contributed by atoms with Gasteiger partial charge in [0.1, 0.15) is 0 Å². The van der Waals surface area contributed by atoms with E-state index in [0.717, 1.165) is 16.9 Å². The van der Waals surface area contributed by atoms with Crippen LogP contribution in [0.25, 0.3) is 11.3 Å². The van der Waals surface area contributed by atoms with Gasteiger partial charge in [0.2, 0.25) is 0 Å². The van der Waals surface area contributed by atoms with Gasteiger partial charge in [-0.3, -0.25) is 0 Å². The van der Waals surface area contributed by atoms with Crippen LogP contribution in [0.5, 0.6) is 0 Å². The fraction of sp³-hybridized carbons (Fsp3) is 0.357. The molecule has 2 rings (SSSR count). The number of rotatable bonds is 2. The summed E-state index contributed by atoms with van der Waals surface area (Å²) in [6.07, 6.45) is 0. The van der Waals surface area contributed by atoms with E-state index < -0.39 is 0 Å². The summed E-state index contributed by atoms with van der Waals surface area (Å²) in [5.41, 5.74) is 10.3. The number of hydrogen-bond donors (Lipinski definition) is 1. The Morgan fingerprint density at radius 1 is 1.12 bits per heavy atom. The van der Waals surface area contributed by atoms with Gasteiger partial charge in [0, 0.05) is 11.1 Å². The maximum absolute atomic E-state index is 5.85. The van der Waals surface area contributed by atoms with Gasteiger partial charge in [-0.25, -0.2) is 0 Å². The van der Waals surface area contributed by atoms with Crippen LogP contribution in [0.2, 0.25) is 0 Å². The van der Waals surface area contributed by atoms with Crippen LogP contribution in [-0.4, -0.2) is 5.16 Å². The molecular formula is C14H18N2O. The molecule has 0 aliphatic heterocycles. The van der Waals surface area contributed by atoms with E-state index in [9.17, 15) is 0 Å². The zero-order valence-corrected chi connectivity index (χ0v) is 10.7. The Hall–Kier alpha value is -1.77. The van der Waals surface area contributed by atoms with E-state index in [-0.39, 0.29) is 0 Å². The van der Waals surface area contributed by atoms with Gasteiger partial charge in [0.15, 0.2) is 11.6 Å². The van der Waals surface area contributed by atoms with Gasteiger partial charge in [-0.2, -0.15) is 0 Å². The van der Waals surface area contributed by atoms with Crippen LogP contribution in [-0.2, 0) is 0 Å². The van der Waals surface area contributed by atoms with Crippen molar-refractivity contribution in [2.24, 2.45) is 0 Å². The highest BCUT2D eigenvalue weighted by Crippen LogP contribution is 2.34. The Balaban J connectivity index is 2.60. The Morgan fingerprint density at radius 2 is 1.71 bits per heavy atom. The monoisotopic (exact) mass is 230 g/mol. The van der Waals surface area contributed by atoms with Gasteiger partial charge >= 0.3 is 0 Å². The Labute approximate surface area is 102 Å². The topological polar surface area (TPSA) is 52.0 Å². The van der Waals surface area contributed by atoms with Crippen molar-refractivity contribution in [3.63, 3.8) is 0 Å². The average molecular weight is 230 g/mol. The molecule has 0 saturated heterocycles. The van der Waals surface area contributed by atoms with E-state index >= 15 is 0 Å². The average Bonchev–Trinajstić information content (AvgIpc) is 2.58. The number of benzene rings is 1. The summed E-state index contributed by atoms with van der Waals surface area (Å²) in [5.74, 6) is 1.59. The van der Waals surface area contributed by atoms with Gasteiger partial charge in [-0.15, -0.1) is 0 Å². The van der Waals surface area contributed by atoms with Crippen LogP contribution in [0.4, 0.5) is 5.82 Å². The normalized spacial score (nSPS) is 11.1. The third-order valence-electron chi connectivity index (χ3n) is 2.82. The molecule has 0 unspecified atom stereocenters. The zero-order chi connectivity index (χ0) is 12.6. The van der Waals surface area contributed by atoms with Crippen molar-refractivity contribution in [3.8, 4) is 11.3 Å². The summed E-state index contributed by atoms with van der Waals surface area (Å²) >= 11 is 0. The van der Waals surface area contributed by atoms with Crippen molar-refractivity contribution in [2.75, 3.05) is 5.73 Å². The maximum atomic E-state index is 5.85. The lowest BCUT2D eigenvalue weighted by Gasteiger charge is -2.07. The van der Waals surface area contributed by atoms with Crippen molar-refractivity contribution < 1.29 is 4.52 Å². The summed E-state index contributed by atoms with van der Waals surface area (Å²) in [6.45, 7) is 8.33. The van der Waals surface area contributed by atoms with Crippen molar-refractivity contribution in [2.45, 2.75) is 33.6 Å². The molecule has 0 saturated carbocycles. The van der Waals surface area contributed by atoms with Gasteiger partial charge in [-0.05, 0) is 31.9 Å². The third kappa shape index (κ3) is 2.18. The lowest BCUT2D eigenvalue weighted by Crippen LogP contribution is -1.95. The van der Waals surface area contributed by atoms with E-state index in [0.29, 0.717) is 11.7 Å². The molecule has 1 aromatic carbocycles. The molecule has 3 heteroatoms. The highest BCUT2D eigenvalue weighted by Gasteiger charge is 2.18. The van der Waals surface area contributed by atoms with E-state index in [1.165, 1.54) is 11.1 Å². The molecule has 0 amide bonds. The minimum Gasteiger partial charge on any atom is -0.381 e. The summed E-state index contributed by atoms with van der Waals surface area (Å²) in [5, 5.41) is 3.88. The maximum Gasteiger partial charge on any atom is 0.172 e. The molecule has 3 nitrogen and oxygen atoms in total. The number of nitrogens with zero attached hydrogens (tertiary/aromatic N) is 1. The molecule has 0 atom stereocenters. The number of nitrogens with two attached hydrogens (primary N) is 1. The smallest absolute Gasteiger partial charge is 0.172 e. The Morgan fingerprint density at radius 3 is 2.24 bits per heavy atom. The fourth-order valence-corrected chi connectivity index (χ4v) is 2.18. The van der Waals surface area contributed by atoms with E-state index in [4.69, 9.17) is 10.3 Å². The van der Waals surface area contributed by atoms with Crippen LogP contribution in [0.3, 0.4) is 0 Å². The van der Waals surface area contributed by atoms with Gasteiger partial charge < -0.3 is 10.3 Å². The minimum atomic E-state index is 0.303. The molecule has 0 fully saturated rings. The van der Waals surface area contributed by atoms with E-state index in [1.54, 1.807) is 0 Å². The third-order valence-corrected chi connectivity index (χ3v) is 2.82. The first-order valence-corrected chi connectivity index (χ1v) is 5.82. The van der Waals surface area contributed by atoms with Crippen molar-refractivity contribution in [1.82, 2.24) is 5.16 Å². The SMILES string of the molecule is Cc1cc(C)cc(-c2onc(N)c2C(C)C)c1. The Bertz CT molecular complexity index is 521. The van der Waals surface area contributed by atoms with Crippen molar-refractivity contribution >= 4 is 5.82 Å². The largest absolute Gasteiger partial charge is 0.381 e. The summed E-state index contributed by atoms with van der Waals surface area (Å²) < 4.78 is 5.38.